The van der Waals surface area contributed by atoms with E-state index in [1.165, 1.54) is 32.3 Å². The molecule has 0 bridgehead atoms. The second-order valence-electron chi connectivity index (χ2n) is 7.70. The van der Waals surface area contributed by atoms with Crippen LogP contribution in [0.15, 0.2) is 115 Å². The van der Waals surface area contributed by atoms with Gasteiger partial charge in [-0.15, -0.1) is 0 Å². The molecule has 0 spiro atoms. The number of aromatic nitrogens is 1. The highest BCUT2D eigenvalue weighted by Gasteiger charge is 2.11. The van der Waals surface area contributed by atoms with E-state index < -0.39 is 0 Å². The summed E-state index contributed by atoms with van der Waals surface area (Å²) >= 11 is 0. The predicted octanol–water partition coefficient (Wildman–Crippen LogP) is 7.88. The number of rotatable bonds is 2. The molecule has 0 N–H and O–H groups in total. The Morgan fingerprint density at radius 3 is 1.63 bits per heavy atom. The van der Waals surface area contributed by atoms with E-state index in [2.05, 4.69) is 115 Å². The van der Waals surface area contributed by atoms with Crippen molar-refractivity contribution in [3.8, 4) is 22.5 Å². The molecule has 0 amide bonds. The van der Waals surface area contributed by atoms with E-state index in [1.807, 2.05) is 0 Å². The lowest BCUT2D eigenvalue weighted by Crippen LogP contribution is -1.91. The van der Waals surface area contributed by atoms with Crippen molar-refractivity contribution in [3.05, 3.63) is 115 Å². The third kappa shape index (κ3) is 2.84. The maximum Gasteiger partial charge on any atom is 0.0788 e. The maximum atomic E-state index is 5.16. The molecule has 0 fully saturated rings. The van der Waals surface area contributed by atoms with Crippen molar-refractivity contribution in [2.45, 2.75) is 0 Å². The fourth-order valence-corrected chi connectivity index (χ4v) is 4.25. The first-order chi connectivity index (χ1) is 14.8. The molecule has 30 heavy (non-hydrogen) atoms. The van der Waals surface area contributed by atoms with Gasteiger partial charge in [0.15, 0.2) is 0 Å². The van der Waals surface area contributed by atoms with Gasteiger partial charge in [-0.1, -0.05) is 97.1 Å². The van der Waals surface area contributed by atoms with Crippen molar-refractivity contribution < 1.29 is 0 Å². The summed E-state index contributed by atoms with van der Waals surface area (Å²) in [4.78, 5) is 5.16. The van der Waals surface area contributed by atoms with Gasteiger partial charge in [0.25, 0.3) is 0 Å². The van der Waals surface area contributed by atoms with Gasteiger partial charge in [-0.25, -0.2) is 4.98 Å². The van der Waals surface area contributed by atoms with E-state index in [0.29, 0.717) is 0 Å². The van der Waals surface area contributed by atoms with Crippen LogP contribution in [0.5, 0.6) is 0 Å². The summed E-state index contributed by atoms with van der Waals surface area (Å²) in [5, 5.41) is 7.35. The fraction of sp³-hybridized carbons (Fsp3) is 0. The first kappa shape index (κ1) is 16.9. The summed E-state index contributed by atoms with van der Waals surface area (Å²) in [6.45, 7) is 0. The van der Waals surface area contributed by atoms with Gasteiger partial charge in [-0.05, 0) is 45.1 Å². The van der Waals surface area contributed by atoms with Gasteiger partial charge in [0.1, 0.15) is 0 Å². The summed E-state index contributed by atoms with van der Waals surface area (Å²) in [5.41, 5.74) is 4.32. The number of benzene rings is 5. The molecule has 0 saturated carbocycles. The van der Waals surface area contributed by atoms with Crippen molar-refractivity contribution in [3.63, 3.8) is 0 Å². The van der Waals surface area contributed by atoms with Crippen LogP contribution in [0.25, 0.3) is 54.8 Å². The molecule has 6 rings (SSSR count). The molecule has 1 heterocycles. The monoisotopic (exact) mass is 381 g/mol. The highest BCUT2D eigenvalue weighted by molar-refractivity contribution is 5.99. The van der Waals surface area contributed by atoms with Gasteiger partial charge in [-0.3, -0.25) is 0 Å². The lowest BCUT2D eigenvalue weighted by Gasteiger charge is -2.11. The van der Waals surface area contributed by atoms with Crippen LogP contribution >= 0.6 is 0 Å². The van der Waals surface area contributed by atoms with E-state index in [9.17, 15) is 0 Å². The summed E-state index contributed by atoms with van der Waals surface area (Å²) in [7, 11) is 0. The average molecular weight is 381 g/mol. The molecular formula is C29H19N. The smallest absolute Gasteiger partial charge is 0.0788 e. The first-order valence-electron chi connectivity index (χ1n) is 10.2. The zero-order chi connectivity index (χ0) is 19.9. The largest absolute Gasteiger partial charge is 0.247 e. The lowest BCUT2D eigenvalue weighted by molar-refractivity contribution is 1.36. The number of pyridine rings is 1. The summed E-state index contributed by atoms with van der Waals surface area (Å²) in [5.74, 6) is 0. The average Bonchev–Trinajstić information content (AvgIpc) is 2.82. The van der Waals surface area contributed by atoms with Crippen molar-refractivity contribution in [2.24, 2.45) is 0 Å². The predicted molar refractivity (Wildman–Crippen MR) is 128 cm³/mol. The Morgan fingerprint density at radius 2 is 0.933 bits per heavy atom. The molecule has 0 unspecified atom stereocenters. The van der Waals surface area contributed by atoms with Gasteiger partial charge in [-0.2, -0.15) is 0 Å². The Hall–Kier alpha value is -3.97. The normalized spacial score (nSPS) is 11.3. The van der Waals surface area contributed by atoms with E-state index in [1.54, 1.807) is 0 Å². The standard InChI is InChI=1S/C29H19N/c1-3-9-22-17-25(15-13-20(22)7-1)28-19-24-11-5-6-12-27(24)29(30-28)26-16-14-21-8-2-4-10-23(21)18-26/h1-19H. The quantitative estimate of drug-likeness (QED) is 0.297. The topological polar surface area (TPSA) is 12.9 Å². The SMILES string of the molecule is c1ccc2cc(-c3cc4ccccc4c(-c4ccc5ccccc5c4)n3)ccc2c1. The van der Waals surface area contributed by atoms with Crippen molar-refractivity contribution >= 4 is 32.3 Å². The number of fused-ring (bicyclic) bond motifs is 3. The second-order valence-corrected chi connectivity index (χ2v) is 7.70. The molecular weight excluding hydrogens is 362 g/mol. The zero-order valence-corrected chi connectivity index (χ0v) is 16.4. The number of nitrogens with zero attached hydrogens (tertiary/aromatic N) is 1. The molecule has 0 saturated heterocycles. The van der Waals surface area contributed by atoms with Crippen LogP contribution in [-0.4, -0.2) is 4.98 Å². The number of hydrogen-bond acceptors (Lipinski definition) is 1. The van der Waals surface area contributed by atoms with Crippen LogP contribution in [0.1, 0.15) is 0 Å². The van der Waals surface area contributed by atoms with E-state index >= 15 is 0 Å². The first-order valence-corrected chi connectivity index (χ1v) is 10.2. The molecule has 0 aliphatic carbocycles. The summed E-state index contributed by atoms with van der Waals surface area (Å²) in [6.07, 6.45) is 0. The molecule has 1 heteroatoms. The Labute approximate surface area is 175 Å². The summed E-state index contributed by atoms with van der Waals surface area (Å²) in [6, 6.07) is 40.8. The number of hydrogen-bond donors (Lipinski definition) is 0. The van der Waals surface area contributed by atoms with Crippen LogP contribution in [0.4, 0.5) is 0 Å². The minimum atomic E-state index is 1.00. The second kappa shape index (κ2) is 6.82. The van der Waals surface area contributed by atoms with Gasteiger partial charge in [0, 0.05) is 16.5 Å². The highest BCUT2D eigenvalue weighted by Crippen LogP contribution is 2.33. The van der Waals surface area contributed by atoms with Gasteiger partial charge >= 0.3 is 0 Å². The van der Waals surface area contributed by atoms with Gasteiger partial charge < -0.3 is 0 Å². The molecule has 5 aromatic carbocycles. The molecule has 0 radical (unpaired) electrons. The van der Waals surface area contributed by atoms with Crippen LogP contribution in [0.2, 0.25) is 0 Å². The molecule has 140 valence electrons. The Balaban J connectivity index is 1.60. The lowest BCUT2D eigenvalue weighted by atomic mass is 9.98. The third-order valence-corrected chi connectivity index (χ3v) is 5.81. The molecule has 0 atom stereocenters. The van der Waals surface area contributed by atoms with Gasteiger partial charge in [0.05, 0.1) is 11.4 Å². The molecule has 6 aromatic rings. The van der Waals surface area contributed by atoms with Crippen LogP contribution in [0.3, 0.4) is 0 Å². The van der Waals surface area contributed by atoms with Crippen LogP contribution in [0, 0.1) is 0 Å². The van der Waals surface area contributed by atoms with E-state index in [-0.39, 0.29) is 0 Å². The highest BCUT2D eigenvalue weighted by atomic mass is 14.7. The molecule has 0 aliphatic rings. The van der Waals surface area contributed by atoms with E-state index in [4.69, 9.17) is 4.98 Å². The minimum absolute atomic E-state index is 1.00. The van der Waals surface area contributed by atoms with Crippen LogP contribution < -0.4 is 0 Å². The molecule has 1 aromatic heterocycles. The fourth-order valence-electron chi connectivity index (χ4n) is 4.25. The molecule has 0 aliphatic heterocycles. The third-order valence-electron chi connectivity index (χ3n) is 5.81. The Morgan fingerprint density at radius 1 is 0.400 bits per heavy atom. The zero-order valence-electron chi connectivity index (χ0n) is 16.4. The summed E-state index contributed by atoms with van der Waals surface area (Å²) < 4.78 is 0. The van der Waals surface area contributed by atoms with Crippen molar-refractivity contribution in [2.75, 3.05) is 0 Å². The minimum Gasteiger partial charge on any atom is -0.247 e. The van der Waals surface area contributed by atoms with Crippen molar-refractivity contribution in [1.82, 2.24) is 4.98 Å². The Kier molecular flexibility index (Phi) is 3.85. The molecule has 1 nitrogen and oxygen atoms in total. The van der Waals surface area contributed by atoms with E-state index in [0.717, 1.165) is 22.5 Å². The maximum absolute atomic E-state index is 5.16. The van der Waals surface area contributed by atoms with Crippen molar-refractivity contribution in [1.29, 1.82) is 0 Å². The van der Waals surface area contributed by atoms with Crippen LogP contribution in [-0.2, 0) is 0 Å². The van der Waals surface area contributed by atoms with Gasteiger partial charge in [0.2, 0.25) is 0 Å². The Bertz CT molecular complexity index is 1550.